The molecule has 1 aromatic heterocycles. The van der Waals surface area contributed by atoms with E-state index in [9.17, 15) is 0 Å². The van der Waals surface area contributed by atoms with Crippen molar-refractivity contribution in [1.82, 2.24) is 0 Å². The molecule has 37 heavy (non-hydrogen) atoms. The maximum absolute atomic E-state index is 5.42. The lowest BCUT2D eigenvalue weighted by atomic mass is 9.94. The molecule has 2 aliphatic rings. The van der Waals surface area contributed by atoms with Crippen molar-refractivity contribution in [2.75, 3.05) is 31.9 Å². The lowest BCUT2D eigenvalue weighted by Gasteiger charge is -2.21. The zero-order chi connectivity index (χ0) is 25.9. The number of anilines is 1. The summed E-state index contributed by atoms with van der Waals surface area (Å²) in [6, 6.07) is 12.6. The molecule has 0 atom stereocenters. The molecule has 2 aromatic carbocycles. The van der Waals surface area contributed by atoms with E-state index in [4.69, 9.17) is 9.47 Å². The van der Waals surface area contributed by atoms with Crippen molar-refractivity contribution in [3.63, 3.8) is 0 Å². The van der Waals surface area contributed by atoms with E-state index in [2.05, 4.69) is 79.1 Å². The summed E-state index contributed by atoms with van der Waals surface area (Å²) in [6.45, 7) is 2.24. The lowest BCUT2D eigenvalue weighted by molar-refractivity contribution is -0.642. The third kappa shape index (κ3) is 5.35. The Kier molecular flexibility index (Phi) is 8.03. The van der Waals surface area contributed by atoms with Gasteiger partial charge in [0.1, 0.15) is 23.2 Å². The van der Waals surface area contributed by atoms with Gasteiger partial charge in [-0.15, -0.1) is 11.8 Å². The fourth-order valence-corrected chi connectivity index (χ4v) is 7.91. The van der Waals surface area contributed by atoms with Crippen LogP contribution in [-0.2, 0) is 7.05 Å². The molecular weight excluding hydrogens is 517 g/mol. The molecule has 7 heteroatoms. The maximum atomic E-state index is 5.42. The van der Waals surface area contributed by atoms with Gasteiger partial charge in [-0.3, -0.25) is 0 Å². The second kappa shape index (κ2) is 11.4. The fourth-order valence-electron chi connectivity index (χ4n) is 4.75. The van der Waals surface area contributed by atoms with Crippen LogP contribution < -0.4 is 18.9 Å². The van der Waals surface area contributed by atoms with Gasteiger partial charge in [0.15, 0.2) is 0 Å². The largest absolute Gasteiger partial charge is 0.497 e. The van der Waals surface area contributed by atoms with Gasteiger partial charge in [-0.25, -0.2) is 0 Å². The summed E-state index contributed by atoms with van der Waals surface area (Å²) in [5, 5.41) is 2.49. The van der Waals surface area contributed by atoms with E-state index < -0.39 is 0 Å². The second-order valence-electron chi connectivity index (χ2n) is 9.00. The van der Waals surface area contributed by atoms with E-state index in [1.54, 1.807) is 37.3 Å². The predicted octanol–water partition coefficient (Wildman–Crippen LogP) is 7.96. The van der Waals surface area contributed by atoms with Crippen LogP contribution in [0.1, 0.15) is 31.2 Å². The summed E-state index contributed by atoms with van der Waals surface area (Å²) in [7, 11) is 7.72. The molecule has 2 heterocycles. The monoisotopic (exact) mass is 549 g/mol. The number of allylic oxidation sites excluding steroid dienone is 5. The Bertz CT molecular complexity index is 1450. The summed E-state index contributed by atoms with van der Waals surface area (Å²) in [4.78, 5) is 4.95. The van der Waals surface area contributed by atoms with Crippen molar-refractivity contribution >= 4 is 56.8 Å². The Morgan fingerprint density at radius 1 is 1.03 bits per heavy atom. The standard InChI is InChI=1S/C30H33N2O2S3/c1-6-35-30-20(10-16-28-31(2)24-14-12-22(33-4)18-26(24)36-28)8-7-9-21(30)11-17-29-32(3)25-15-13-23(34-5)19-27(25)37-29/h10-19H,6-9H2,1-5H3/q+1. The number of hydrogen-bond donors (Lipinski definition) is 0. The van der Waals surface area contributed by atoms with Gasteiger partial charge in [0, 0.05) is 35.1 Å². The molecule has 1 aliphatic heterocycles. The molecule has 0 saturated heterocycles. The summed E-state index contributed by atoms with van der Waals surface area (Å²) in [5.41, 5.74) is 5.35. The van der Waals surface area contributed by atoms with E-state index in [1.165, 1.54) is 53.3 Å². The highest BCUT2D eigenvalue weighted by molar-refractivity contribution is 8.03. The van der Waals surface area contributed by atoms with Crippen molar-refractivity contribution in [2.45, 2.75) is 31.1 Å². The summed E-state index contributed by atoms with van der Waals surface area (Å²) < 4.78 is 14.4. The Morgan fingerprint density at radius 2 is 1.81 bits per heavy atom. The summed E-state index contributed by atoms with van der Waals surface area (Å²) >= 11 is 5.58. The maximum Gasteiger partial charge on any atom is 0.262 e. The minimum absolute atomic E-state index is 0.902. The van der Waals surface area contributed by atoms with Gasteiger partial charge in [-0.05, 0) is 66.5 Å². The van der Waals surface area contributed by atoms with E-state index >= 15 is 0 Å². The SMILES string of the molecule is CCSC1=C(C=Cc2sc3cc(OC)ccc3[n+]2C)CCCC1=CC=C1Sc2cc(OC)ccc2N1C. The number of nitrogens with zero attached hydrogens (tertiary/aromatic N) is 2. The van der Waals surface area contributed by atoms with Gasteiger partial charge in [0.05, 0.1) is 24.9 Å². The number of fused-ring (bicyclic) bond motifs is 2. The fraction of sp³-hybridized carbons (Fsp3) is 0.300. The first-order valence-corrected chi connectivity index (χ1v) is 15.2. The van der Waals surface area contributed by atoms with E-state index in [-0.39, 0.29) is 0 Å². The molecule has 1 aliphatic carbocycles. The molecule has 0 N–H and O–H groups in total. The number of hydrogen-bond acceptors (Lipinski definition) is 6. The predicted molar refractivity (Wildman–Crippen MR) is 161 cm³/mol. The summed E-state index contributed by atoms with van der Waals surface area (Å²) in [5.74, 6) is 2.87. The van der Waals surface area contributed by atoms with E-state index in [0.717, 1.165) is 30.1 Å². The molecule has 0 fully saturated rings. The van der Waals surface area contributed by atoms with Gasteiger partial charge in [-0.1, -0.05) is 42.2 Å². The third-order valence-corrected chi connectivity index (χ3v) is 10.2. The average Bonchev–Trinajstić information content (AvgIpc) is 3.41. The van der Waals surface area contributed by atoms with E-state index in [0.29, 0.717) is 0 Å². The van der Waals surface area contributed by atoms with Gasteiger partial charge in [-0.2, -0.15) is 4.57 Å². The highest BCUT2D eigenvalue weighted by atomic mass is 32.2. The highest BCUT2D eigenvalue weighted by Gasteiger charge is 2.23. The number of aromatic nitrogens is 1. The quantitative estimate of drug-likeness (QED) is 0.279. The highest BCUT2D eigenvalue weighted by Crippen LogP contribution is 2.47. The van der Waals surface area contributed by atoms with Crippen LogP contribution in [0.2, 0.25) is 0 Å². The molecule has 0 radical (unpaired) electrons. The van der Waals surface area contributed by atoms with E-state index in [1.807, 2.05) is 23.9 Å². The normalized spacial score (nSPS) is 18.0. The van der Waals surface area contributed by atoms with Gasteiger partial charge in [0.2, 0.25) is 5.52 Å². The van der Waals surface area contributed by atoms with Crippen LogP contribution in [0.3, 0.4) is 0 Å². The van der Waals surface area contributed by atoms with Gasteiger partial charge in [0.25, 0.3) is 5.01 Å². The molecular formula is C30H33N2O2S3+. The first kappa shape index (κ1) is 26.0. The Morgan fingerprint density at radius 3 is 2.59 bits per heavy atom. The first-order chi connectivity index (χ1) is 18.0. The Hall–Kier alpha value is -2.61. The zero-order valence-corrected chi connectivity index (χ0v) is 24.5. The molecule has 0 unspecified atom stereocenters. The molecule has 0 amide bonds. The van der Waals surface area contributed by atoms with Crippen molar-refractivity contribution in [1.29, 1.82) is 0 Å². The van der Waals surface area contributed by atoms with Crippen LogP contribution in [0, 0.1) is 0 Å². The smallest absolute Gasteiger partial charge is 0.262 e. The van der Waals surface area contributed by atoms with Crippen molar-refractivity contribution in [2.24, 2.45) is 7.05 Å². The average molecular weight is 550 g/mol. The third-order valence-electron chi connectivity index (χ3n) is 6.77. The molecule has 3 aromatic rings. The molecule has 5 rings (SSSR count). The van der Waals surface area contributed by atoms with Crippen molar-refractivity contribution in [3.05, 3.63) is 80.7 Å². The number of thioether (sulfide) groups is 2. The van der Waals surface area contributed by atoms with Gasteiger partial charge < -0.3 is 14.4 Å². The molecule has 4 nitrogen and oxygen atoms in total. The van der Waals surface area contributed by atoms with Crippen LogP contribution in [-0.4, -0.2) is 27.0 Å². The van der Waals surface area contributed by atoms with Crippen LogP contribution in [0.5, 0.6) is 11.5 Å². The van der Waals surface area contributed by atoms with Crippen molar-refractivity contribution in [3.8, 4) is 11.5 Å². The number of thiazole rings is 1. The number of benzene rings is 2. The second-order valence-corrected chi connectivity index (χ2v) is 12.4. The minimum Gasteiger partial charge on any atom is -0.497 e. The van der Waals surface area contributed by atoms with Crippen LogP contribution >= 0.6 is 34.9 Å². The topological polar surface area (TPSA) is 25.6 Å². The zero-order valence-electron chi connectivity index (χ0n) is 22.0. The number of aryl methyl sites for hydroxylation is 1. The summed E-state index contributed by atoms with van der Waals surface area (Å²) in [6.07, 6.45) is 12.7. The Labute approximate surface area is 232 Å². The number of ether oxygens (including phenoxy) is 2. The first-order valence-electron chi connectivity index (χ1n) is 12.5. The molecule has 0 bridgehead atoms. The van der Waals surface area contributed by atoms with Crippen LogP contribution in [0.25, 0.3) is 16.3 Å². The van der Waals surface area contributed by atoms with Gasteiger partial charge >= 0.3 is 0 Å². The molecule has 0 spiro atoms. The van der Waals surface area contributed by atoms with Crippen molar-refractivity contribution < 1.29 is 14.0 Å². The molecule has 0 saturated carbocycles. The number of rotatable bonds is 7. The number of methoxy groups -OCH3 is 2. The van der Waals surface area contributed by atoms with Crippen LogP contribution in [0.4, 0.5) is 5.69 Å². The molecule has 192 valence electrons. The van der Waals surface area contributed by atoms with Crippen LogP contribution in [0.15, 0.2) is 80.6 Å². The Balaban J connectivity index is 1.43. The lowest BCUT2D eigenvalue weighted by Crippen LogP contribution is -2.28. The minimum atomic E-state index is 0.902.